The van der Waals surface area contributed by atoms with Crippen LogP contribution in [0.2, 0.25) is 0 Å². The van der Waals surface area contributed by atoms with Gasteiger partial charge in [-0.15, -0.1) is 0 Å². The van der Waals surface area contributed by atoms with Crippen molar-refractivity contribution in [1.29, 1.82) is 0 Å². The smallest absolute Gasteiger partial charge is 0.325 e. The van der Waals surface area contributed by atoms with Gasteiger partial charge < -0.3 is 15.3 Å². The molecule has 0 radical (unpaired) electrons. The van der Waals surface area contributed by atoms with Crippen LogP contribution in [0, 0.1) is 0 Å². The number of hydrogen-bond donors (Lipinski definition) is 2. The second-order valence-corrected chi connectivity index (χ2v) is 5.17. The zero-order valence-corrected chi connectivity index (χ0v) is 11.8. The predicted molar refractivity (Wildman–Crippen MR) is 76.8 cm³/mol. The number of nitrogens with zero attached hydrogens (tertiary/aromatic N) is 1. The van der Waals surface area contributed by atoms with E-state index in [1.54, 1.807) is 0 Å². The topological polar surface area (TPSA) is 69.6 Å². The summed E-state index contributed by atoms with van der Waals surface area (Å²) >= 11 is 0. The Morgan fingerprint density at radius 1 is 1.30 bits per heavy atom. The average Bonchev–Trinajstić information content (AvgIpc) is 2.45. The van der Waals surface area contributed by atoms with Gasteiger partial charge in [-0.3, -0.25) is 9.59 Å². The standard InChI is InChI=1S/C15H20N2O3/c1-10(15(19)20)16-14(18)11(2)17-9-5-7-12-6-3-4-8-13(12)17/h3-4,6,8,10-11H,5,7,9H2,1-2H3,(H,16,18)(H,19,20). The van der Waals surface area contributed by atoms with Gasteiger partial charge in [0.2, 0.25) is 5.91 Å². The lowest BCUT2D eigenvalue weighted by Gasteiger charge is -2.35. The first-order chi connectivity index (χ1) is 9.50. The highest BCUT2D eigenvalue weighted by Crippen LogP contribution is 2.28. The van der Waals surface area contributed by atoms with E-state index in [0.717, 1.165) is 25.1 Å². The molecule has 0 spiro atoms. The summed E-state index contributed by atoms with van der Waals surface area (Å²) in [7, 11) is 0. The minimum atomic E-state index is -1.02. The molecule has 1 aliphatic heterocycles. The van der Waals surface area contributed by atoms with Crippen LogP contribution in [0.1, 0.15) is 25.8 Å². The van der Waals surface area contributed by atoms with Gasteiger partial charge in [-0.1, -0.05) is 18.2 Å². The fourth-order valence-corrected chi connectivity index (χ4v) is 2.50. The Morgan fingerprint density at radius 2 is 2.00 bits per heavy atom. The molecule has 0 fully saturated rings. The first-order valence-corrected chi connectivity index (χ1v) is 6.88. The summed E-state index contributed by atoms with van der Waals surface area (Å²) in [5.74, 6) is -1.28. The van der Waals surface area contributed by atoms with Gasteiger partial charge in [0.15, 0.2) is 0 Å². The minimum absolute atomic E-state index is 0.253. The zero-order valence-electron chi connectivity index (χ0n) is 11.8. The second kappa shape index (κ2) is 5.94. The number of nitrogens with one attached hydrogen (secondary N) is 1. The van der Waals surface area contributed by atoms with Gasteiger partial charge in [0, 0.05) is 12.2 Å². The molecule has 1 amide bonds. The molecule has 0 saturated heterocycles. The maximum Gasteiger partial charge on any atom is 0.325 e. The molecular weight excluding hydrogens is 256 g/mol. The molecule has 2 unspecified atom stereocenters. The Bertz CT molecular complexity index is 516. The van der Waals surface area contributed by atoms with Crippen LogP contribution in [0.15, 0.2) is 24.3 Å². The normalized spacial score (nSPS) is 17.0. The summed E-state index contributed by atoms with van der Waals surface area (Å²) in [6.45, 7) is 4.09. The number of rotatable bonds is 4. The van der Waals surface area contributed by atoms with E-state index in [0.29, 0.717) is 0 Å². The third-order valence-electron chi connectivity index (χ3n) is 3.72. The molecule has 0 saturated carbocycles. The van der Waals surface area contributed by atoms with E-state index < -0.39 is 12.0 Å². The van der Waals surface area contributed by atoms with Crippen LogP contribution < -0.4 is 10.2 Å². The lowest BCUT2D eigenvalue weighted by Crippen LogP contribution is -2.50. The summed E-state index contributed by atoms with van der Waals surface area (Å²) in [4.78, 5) is 25.0. The zero-order chi connectivity index (χ0) is 14.7. The molecule has 0 bridgehead atoms. The summed E-state index contributed by atoms with van der Waals surface area (Å²) in [5, 5.41) is 11.4. The van der Waals surface area contributed by atoms with Crippen molar-refractivity contribution in [2.75, 3.05) is 11.4 Å². The molecule has 1 aromatic rings. The van der Waals surface area contributed by atoms with E-state index in [9.17, 15) is 9.59 Å². The molecule has 1 aromatic carbocycles. The highest BCUT2D eigenvalue weighted by molar-refractivity contribution is 5.89. The third-order valence-corrected chi connectivity index (χ3v) is 3.72. The van der Waals surface area contributed by atoms with Gasteiger partial charge in [0.05, 0.1) is 0 Å². The molecule has 108 valence electrons. The van der Waals surface area contributed by atoms with Gasteiger partial charge in [0.25, 0.3) is 0 Å². The molecular formula is C15H20N2O3. The molecule has 2 N–H and O–H groups in total. The number of aliphatic carboxylic acids is 1. The van der Waals surface area contributed by atoms with Crippen molar-refractivity contribution in [1.82, 2.24) is 5.32 Å². The number of anilines is 1. The van der Waals surface area contributed by atoms with E-state index >= 15 is 0 Å². The molecule has 20 heavy (non-hydrogen) atoms. The molecule has 5 heteroatoms. The Balaban J connectivity index is 2.12. The van der Waals surface area contributed by atoms with Crippen LogP contribution in [-0.4, -0.2) is 35.6 Å². The SMILES string of the molecule is CC(NC(=O)C(C)N1CCCc2ccccc21)C(=O)O. The van der Waals surface area contributed by atoms with Gasteiger partial charge in [-0.25, -0.2) is 0 Å². The maximum atomic E-state index is 12.2. The van der Waals surface area contributed by atoms with E-state index in [1.807, 2.05) is 30.0 Å². The van der Waals surface area contributed by atoms with Crippen LogP contribution in [0.5, 0.6) is 0 Å². The molecule has 5 nitrogen and oxygen atoms in total. The number of carboxylic acid groups (broad SMARTS) is 1. The lowest BCUT2D eigenvalue weighted by molar-refractivity contribution is -0.141. The quantitative estimate of drug-likeness (QED) is 0.872. The lowest BCUT2D eigenvalue weighted by atomic mass is 10.00. The van der Waals surface area contributed by atoms with Gasteiger partial charge >= 0.3 is 5.97 Å². The number of amides is 1. The van der Waals surface area contributed by atoms with Crippen LogP contribution >= 0.6 is 0 Å². The first-order valence-electron chi connectivity index (χ1n) is 6.88. The second-order valence-electron chi connectivity index (χ2n) is 5.17. The summed E-state index contributed by atoms with van der Waals surface area (Å²) in [6, 6.07) is 6.80. The van der Waals surface area contributed by atoms with Crippen molar-refractivity contribution in [3.05, 3.63) is 29.8 Å². The van der Waals surface area contributed by atoms with Crippen LogP contribution in [0.25, 0.3) is 0 Å². The Morgan fingerprint density at radius 3 is 2.70 bits per heavy atom. The van der Waals surface area contributed by atoms with Gasteiger partial charge in [-0.2, -0.15) is 0 Å². The van der Waals surface area contributed by atoms with Crippen molar-refractivity contribution in [3.8, 4) is 0 Å². The van der Waals surface area contributed by atoms with E-state index in [1.165, 1.54) is 12.5 Å². The molecule has 0 aromatic heterocycles. The summed E-state index contributed by atoms with van der Waals surface area (Å²) < 4.78 is 0. The number of carbonyl (C=O) groups excluding carboxylic acids is 1. The number of hydrogen-bond acceptors (Lipinski definition) is 3. The van der Waals surface area contributed by atoms with Crippen molar-refractivity contribution in [3.63, 3.8) is 0 Å². The van der Waals surface area contributed by atoms with Crippen LogP contribution in [0.4, 0.5) is 5.69 Å². The highest BCUT2D eigenvalue weighted by Gasteiger charge is 2.27. The van der Waals surface area contributed by atoms with E-state index in [4.69, 9.17) is 5.11 Å². The fourth-order valence-electron chi connectivity index (χ4n) is 2.50. The summed E-state index contributed by atoms with van der Waals surface area (Å²) in [6.07, 6.45) is 2.02. The molecule has 2 rings (SSSR count). The van der Waals surface area contributed by atoms with Crippen molar-refractivity contribution >= 4 is 17.6 Å². The number of para-hydroxylation sites is 1. The Kier molecular flexibility index (Phi) is 4.27. The number of benzene rings is 1. The van der Waals surface area contributed by atoms with Crippen molar-refractivity contribution < 1.29 is 14.7 Å². The monoisotopic (exact) mass is 276 g/mol. The fraction of sp³-hybridized carbons (Fsp3) is 0.467. The van der Waals surface area contributed by atoms with Crippen LogP contribution in [-0.2, 0) is 16.0 Å². The number of fused-ring (bicyclic) bond motifs is 1. The summed E-state index contributed by atoms with van der Waals surface area (Å²) in [5.41, 5.74) is 2.31. The Labute approximate surface area is 118 Å². The third kappa shape index (κ3) is 2.92. The number of carboxylic acids is 1. The Hall–Kier alpha value is -2.04. The number of carbonyl (C=O) groups is 2. The first kappa shape index (κ1) is 14.4. The van der Waals surface area contributed by atoms with Crippen LogP contribution in [0.3, 0.4) is 0 Å². The maximum absolute atomic E-state index is 12.2. The van der Waals surface area contributed by atoms with Gasteiger partial charge in [-0.05, 0) is 38.3 Å². The number of aryl methyl sites for hydroxylation is 1. The molecule has 2 atom stereocenters. The predicted octanol–water partition coefficient (Wildman–Crippen LogP) is 1.42. The van der Waals surface area contributed by atoms with E-state index in [-0.39, 0.29) is 11.9 Å². The molecule has 1 heterocycles. The molecule has 0 aliphatic carbocycles. The van der Waals surface area contributed by atoms with Crippen molar-refractivity contribution in [2.24, 2.45) is 0 Å². The average molecular weight is 276 g/mol. The van der Waals surface area contributed by atoms with Gasteiger partial charge in [0.1, 0.15) is 12.1 Å². The van der Waals surface area contributed by atoms with E-state index in [2.05, 4.69) is 11.4 Å². The molecule has 1 aliphatic rings. The minimum Gasteiger partial charge on any atom is -0.480 e. The van der Waals surface area contributed by atoms with Crippen molar-refractivity contribution in [2.45, 2.75) is 38.8 Å². The largest absolute Gasteiger partial charge is 0.480 e. The highest BCUT2D eigenvalue weighted by atomic mass is 16.4.